The predicted octanol–water partition coefficient (Wildman–Crippen LogP) is 1.71. The number of benzene rings is 1. The molecule has 1 saturated heterocycles. The summed E-state index contributed by atoms with van der Waals surface area (Å²) in [5.74, 6) is -0.735. The maximum Gasteiger partial charge on any atom is 0.237 e. The molecule has 22 heavy (non-hydrogen) atoms. The molecule has 2 rings (SSSR count). The SMILES string of the molecule is COC[C@@H]1CC(CC(C)=O)(C(=O)c2ccccc2)C(=O)N1C. The van der Waals surface area contributed by atoms with Gasteiger partial charge in [-0.3, -0.25) is 14.4 Å². The van der Waals surface area contributed by atoms with Gasteiger partial charge in [-0.05, 0) is 13.3 Å². The van der Waals surface area contributed by atoms with Crippen LogP contribution in [0.3, 0.4) is 0 Å². The Labute approximate surface area is 130 Å². The summed E-state index contributed by atoms with van der Waals surface area (Å²) in [6.45, 7) is 1.76. The van der Waals surface area contributed by atoms with Crippen LogP contribution in [-0.4, -0.2) is 49.2 Å². The largest absolute Gasteiger partial charge is 0.383 e. The highest BCUT2D eigenvalue weighted by atomic mass is 16.5. The zero-order chi connectivity index (χ0) is 16.3. The zero-order valence-electron chi connectivity index (χ0n) is 13.2. The lowest BCUT2D eigenvalue weighted by molar-refractivity contribution is -0.136. The first-order valence-corrected chi connectivity index (χ1v) is 7.28. The maximum atomic E-state index is 13.0. The Morgan fingerprint density at radius 1 is 1.32 bits per heavy atom. The molecule has 1 unspecified atom stereocenters. The summed E-state index contributed by atoms with van der Waals surface area (Å²) < 4.78 is 5.14. The lowest BCUT2D eigenvalue weighted by atomic mass is 9.74. The van der Waals surface area contributed by atoms with Crippen LogP contribution in [0.25, 0.3) is 0 Å². The Hall–Kier alpha value is -2.01. The van der Waals surface area contributed by atoms with Crippen LogP contribution in [0.1, 0.15) is 30.1 Å². The van der Waals surface area contributed by atoms with Crippen molar-refractivity contribution in [3.63, 3.8) is 0 Å². The normalized spacial score (nSPS) is 24.6. The number of methoxy groups -OCH3 is 1. The van der Waals surface area contributed by atoms with Gasteiger partial charge in [-0.1, -0.05) is 30.3 Å². The molecule has 0 N–H and O–H groups in total. The summed E-state index contributed by atoms with van der Waals surface area (Å²) in [5.41, 5.74) is -0.839. The smallest absolute Gasteiger partial charge is 0.237 e. The first kappa shape index (κ1) is 16.4. The van der Waals surface area contributed by atoms with Gasteiger partial charge in [-0.25, -0.2) is 0 Å². The van der Waals surface area contributed by atoms with E-state index in [1.165, 1.54) is 11.8 Å². The first-order valence-electron chi connectivity index (χ1n) is 7.28. The van der Waals surface area contributed by atoms with E-state index in [1.807, 2.05) is 6.07 Å². The van der Waals surface area contributed by atoms with Crippen molar-refractivity contribution in [3.05, 3.63) is 35.9 Å². The number of likely N-dealkylation sites (N-methyl/N-ethyl adjacent to an activating group) is 1. The topological polar surface area (TPSA) is 63.7 Å². The molecule has 0 spiro atoms. The van der Waals surface area contributed by atoms with E-state index in [1.54, 1.807) is 38.4 Å². The second-order valence-electron chi connectivity index (χ2n) is 5.89. The lowest BCUT2D eigenvalue weighted by Gasteiger charge is -2.24. The van der Waals surface area contributed by atoms with E-state index < -0.39 is 5.41 Å². The number of ether oxygens (including phenoxy) is 1. The number of hydrogen-bond acceptors (Lipinski definition) is 4. The van der Waals surface area contributed by atoms with Gasteiger partial charge in [0.05, 0.1) is 12.6 Å². The molecule has 0 radical (unpaired) electrons. The summed E-state index contributed by atoms with van der Waals surface area (Å²) in [4.78, 5) is 39.0. The fourth-order valence-electron chi connectivity index (χ4n) is 3.20. The van der Waals surface area contributed by atoms with Crippen LogP contribution in [0.4, 0.5) is 0 Å². The van der Waals surface area contributed by atoms with Gasteiger partial charge in [0, 0.05) is 26.1 Å². The van der Waals surface area contributed by atoms with Crippen LogP contribution < -0.4 is 0 Å². The van der Waals surface area contributed by atoms with Gasteiger partial charge in [0.2, 0.25) is 5.91 Å². The third kappa shape index (κ3) is 2.81. The summed E-state index contributed by atoms with van der Waals surface area (Å²) in [7, 11) is 3.22. The minimum Gasteiger partial charge on any atom is -0.383 e. The third-order valence-corrected chi connectivity index (χ3v) is 4.24. The van der Waals surface area contributed by atoms with Crippen LogP contribution >= 0.6 is 0 Å². The van der Waals surface area contributed by atoms with Gasteiger partial charge in [0.15, 0.2) is 5.78 Å². The maximum absolute atomic E-state index is 13.0. The summed E-state index contributed by atoms with van der Waals surface area (Å²) >= 11 is 0. The molecule has 5 heteroatoms. The van der Waals surface area contributed by atoms with E-state index in [4.69, 9.17) is 4.74 Å². The lowest BCUT2D eigenvalue weighted by Crippen LogP contribution is -2.41. The standard InChI is InChI=1S/C17H21NO4/c1-12(19)9-17(15(20)13-7-5-4-6-8-13)10-14(11-22-3)18(2)16(17)21/h4-8,14H,9-11H2,1-3H3/t14-,17?/m0/s1. The fourth-order valence-corrected chi connectivity index (χ4v) is 3.20. The van der Waals surface area contributed by atoms with Crippen molar-refractivity contribution >= 4 is 17.5 Å². The number of carbonyl (C=O) groups is 3. The highest BCUT2D eigenvalue weighted by molar-refractivity contribution is 6.16. The van der Waals surface area contributed by atoms with Crippen molar-refractivity contribution in [2.24, 2.45) is 5.41 Å². The van der Waals surface area contributed by atoms with Gasteiger partial charge in [0.1, 0.15) is 11.2 Å². The van der Waals surface area contributed by atoms with Crippen molar-refractivity contribution in [2.45, 2.75) is 25.8 Å². The van der Waals surface area contributed by atoms with Crippen molar-refractivity contribution in [3.8, 4) is 0 Å². The molecular formula is C17H21NO4. The van der Waals surface area contributed by atoms with E-state index >= 15 is 0 Å². The number of likely N-dealkylation sites (tertiary alicyclic amines) is 1. The molecule has 1 aliphatic rings. The Bertz CT molecular complexity index is 584. The Morgan fingerprint density at radius 3 is 2.50 bits per heavy atom. The molecule has 118 valence electrons. The van der Waals surface area contributed by atoms with Gasteiger partial charge in [-0.2, -0.15) is 0 Å². The van der Waals surface area contributed by atoms with Crippen LogP contribution in [-0.2, 0) is 14.3 Å². The molecule has 1 aromatic rings. The average molecular weight is 303 g/mol. The second kappa shape index (κ2) is 6.40. The Kier molecular flexibility index (Phi) is 4.76. The number of Topliss-reactive ketones (excluding diaryl/α,β-unsaturated/α-hetero) is 2. The number of carbonyl (C=O) groups excluding carboxylic acids is 3. The molecule has 1 aromatic carbocycles. The zero-order valence-corrected chi connectivity index (χ0v) is 13.2. The minimum atomic E-state index is -1.30. The molecule has 2 atom stereocenters. The van der Waals surface area contributed by atoms with Crippen molar-refractivity contribution in [2.75, 3.05) is 20.8 Å². The van der Waals surface area contributed by atoms with E-state index in [0.717, 1.165) is 0 Å². The van der Waals surface area contributed by atoms with Crippen LogP contribution in [0, 0.1) is 5.41 Å². The number of nitrogens with zero attached hydrogens (tertiary/aromatic N) is 1. The van der Waals surface area contributed by atoms with E-state index in [2.05, 4.69) is 0 Å². The molecule has 0 aliphatic carbocycles. The van der Waals surface area contributed by atoms with Crippen LogP contribution in [0.5, 0.6) is 0 Å². The quantitative estimate of drug-likeness (QED) is 0.593. The van der Waals surface area contributed by atoms with Crippen molar-refractivity contribution in [1.29, 1.82) is 0 Å². The predicted molar refractivity (Wildman–Crippen MR) is 81.6 cm³/mol. The monoisotopic (exact) mass is 303 g/mol. The number of hydrogen-bond donors (Lipinski definition) is 0. The van der Waals surface area contributed by atoms with Gasteiger partial charge < -0.3 is 9.64 Å². The molecule has 1 amide bonds. The van der Waals surface area contributed by atoms with E-state index in [-0.39, 0.29) is 29.9 Å². The minimum absolute atomic E-state index is 0.0654. The van der Waals surface area contributed by atoms with E-state index in [0.29, 0.717) is 18.6 Å². The van der Waals surface area contributed by atoms with Gasteiger partial charge >= 0.3 is 0 Å². The van der Waals surface area contributed by atoms with Crippen LogP contribution in [0.2, 0.25) is 0 Å². The molecular weight excluding hydrogens is 282 g/mol. The van der Waals surface area contributed by atoms with E-state index in [9.17, 15) is 14.4 Å². The number of amides is 1. The Morgan fingerprint density at radius 2 is 1.95 bits per heavy atom. The fraction of sp³-hybridized carbons (Fsp3) is 0.471. The molecule has 0 bridgehead atoms. The molecule has 1 fully saturated rings. The summed E-state index contributed by atoms with van der Waals surface area (Å²) in [6.07, 6.45) is 0.244. The van der Waals surface area contributed by atoms with Crippen molar-refractivity contribution in [1.82, 2.24) is 4.90 Å². The first-order chi connectivity index (χ1) is 10.4. The number of ketones is 2. The average Bonchev–Trinajstić information content (AvgIpc) is 2.73. The Balaban J connectivity index is 2.43. The van der Waals surface area contributed by atoms with Crippen LogP contribution in [0.15, 0.2) is 30.3 Å². The van der Waals surface area contributed by atoms with Crippen molar-refractivity contribution < 1.29 is 19.1 Å². The number of rotatable bonds is 6. The summed E-state index contributed by atoms with van der Waals surface area (Å²) in [5, 5.41) is 0. The second-order valence-corrected chi connectivity index (χ2v) is 5.89. The molecule has 1 aliphatic heterocycles. The highest BCUT2D eigenvalue weighted by Crippen LogP contribution is 2.41. The van der Waals surface area contributed by atoms with Gasteiger partial charge in [-0.15, -0.1) is 0 Å². The highest BCUT2D eigenvalue weighted by Gasteiger charge is 2.55. The molecule has 0 saturated carbocycles. The molecule has 0 aromatic heterocycles. The molecule has 5 nitrogen and oxygen atoms in total. The van der Waals surface area contributed by atoms with Gasteiger partial charge in [0.25, 0.3) is 0 Å². The summed E-state index contributed by atoms with van der Waals surface area (Å²) in [6, 6.07) is 8.49. The molecule has 1 heterocycles. The third-order valence-electron chi connectivity index (χ3n) is 4.24.